The molecule has 0 saturated carbocycles. The van der Waals surface area contributed by atoms with Crippen molar-refractivity contribution in [2.75, 3.05) is 12.8 Å². The molecule has 0 saturated heterocycles. The van der Waals surface area contributed by atoms with E-state index in [-0.39, 0.29) is 5.82 Å². The minimum absolute atomic E-state index is 0.289. The third kappa shape index (κ3) is 3.34. The molecule has 20 heavy (non-hydrogen) atoms. The molecule has 0 fully saturated rings. The molecule has 2 N–H and O–H groups in total. The van der Waals surface area contributed by atoms with Crippen LogP contribution in [0.4, 0.5) is 10.1 Å². The van der Waals surface area contributed by atoms with Gasteiger partial charge in [0, 0.05) is 24.3 Å². The fourth-order valence-corrected chi connectivity index (χ4v) is 2.12. The Kier molecular flexibility index (Phi) is 4.34. The molecule has 0 aliphatic heterocycles. The first-order chi connectivity index (χ1) is 9.60. The Labute approximate surface area is 118 Å². The normalized spacial score (nSPS) is 10.5. The predicted molar refractivity (Wildman–Crippen MR) is 77.1 cm³/mol. The second kappa shape index (κ2) is 6.18. The van der Waals surface area contributed by atoms with Gasteiger partial charge in [-0.1, -0.05) is 18.2 Å². The van der Waals surface area contributed by atoms with Gasteiger partial charge in [-0.2, -0.15) is 5.26 Å². The summed E-state index contributed by atoms with van der Waals surface area (Å²) in [7, 11) is 1.89. The first-order valence-electron chi connectivity index (χ1n) is 6.30. The Bertz CT molecular complexity index is 626. The monoisotopic (exact) mass is 269 g/mol. The third-order valence-corrected chi connectivity index (χ3v) is 3.09. The van der Waals surface area contributed by atoms with Crippen molar-refractivity contribution < 1.29 is 4.39 Å². The number of hydrogen-bond donors (Lipinski definition) is 1. The van der Waals surface area contributed by atoms with E-state index >= 15 is 0 Å². The molecule has 0 spiro atoms. The zero-order chi connectivity index (χ0) is 14.5. The molecule has 0 amide bonds. The predicted octanol–water partition coefficient (Wildman–Crippen LogP) is 2.91. The lowest BCUT2D eigenvalue weighted by atomic mass is 10.1. The van der Waals surface area contributed by atoms with Gasteiger partial charge in [0.05, 0.1) is 11.6 Å². The number of nitrogens with two attached hydrogens (primary N) is 1. The van der Waals surface area contributed by atoms with E-state index < -0.39 is 0 Å². The van der Waals surface area contributed by atoms with Gasteiger partial charge in [0.15, 0.2) is 0 Å². The van der Waals surface area contributed by atoms with Crippen molar-refractivity contribution in [3.63, 3.8) is 0 Å². The fourth-order valence-electron chi connectivity index (χ4n) is 2.12. The molecule has 102 valence electrons. The Balaban J connectivity index is 2.09. The van der Waals surface area contributed by atoms with Gasteiger partial charge in [-0.15, -0.1) is 0 Å². The van der Waals surface area contributed by atoms with Gasteiger partial charge in [-0.25, -0.2) is 4.39 Å². The second-order valence-corrected chi connectivity index (χ2v) is 4.79. The van der Waals surface area contributed by atoms with Crippen molar-refractivity contribution in [1.29, 1.82) is 5.26 Å². The summed E-state index contributed by atoms with van der Waals surface area (Å²) in [5.41, 5.74) is 8.41. The topological polar surface area (TPSA) is 53.0 Å². The van der Waals surface area contributed by atoms with Crippen LogP contribution >= 0.6 is 0 Å². The molecule has 2 rings (SSSR count). The molecule has 2 aromatic carbocycles. The van der Waals surface area contributed by atoms with E-state index in [4.69, 9.17) is 11.0 Å². The van der Waals surface area contributed by atoms with Gasteiger partial charge >= 0.3 is 0 Å². The van der Waals surface area contributed by atoms with Gasteiger partial charge in [0.2, 0.25) is 0 Å². The summed E-state index contributed by atoms with van der Waals surface area (Å²) in [4.78, 5) is 1.96. The smallest absolute Gasteiger partial charge is 0.129 e. The van der Waals surface area contributed by atoms with Crippen molar-refractivity contribution in [3.8, 4) is 6.07 Å². The summed E-state index contributed by atoms with van der Waals surface area (Å²) >= 11 is 0. The first kappa shape index (κ1) is 14.0. The maximum absolute atomic E-state index is 13.7. The molecule has 0 aliphatic carbocycles. The molecule has 0 radical (unpaired) electrons. The van der Waals surface area contributed by atoms with E-state index in [2.05, 4.69) is 6.07 Å². The Morgan fingerprint density at radius 1 is 1.20 bits per heavy atom. The first-order valence-corrected chi connectivity index (χ1v) is 6.30. The molecule has 0 aromatic heterocycles. The van der Waals surface area contributed by atoms with Crippen LogP contribution in [0.1, 0.15) is 16.7 Å². The quantitative estimate of drug-likeness (QED) is 0.868. The van der Waals surface area contributed by atoms with Gasteiger partial charge in [-0.05, 0) is 36.9 Å². The minimum atomic E-state index is -0.289. The van der Waals surface area contributed by atoms with Crippen LogP contribution in [0.2, 0.25) is 0 Å². The summed E-state index contributed by atoms with van der Waals surface area (Å²) < 4.78 is 13.7. The van der Waals surface area contributed by atoms with Crippen molar-refractivity contribution in [3.05, 3.63) is 65.0 Å². The van der Waals surface area contributed by atoms with Gasteiger partial charge in [0.1, 0.15) is 5.82 Å². The van der Waals surface area contributed by atoms with Crippen molar-refractivity contribution in [1.82, 2.24) is 4.90 Å². The maximum Gasteiger partial charge on any atom is 0.129 e. The van der Waals surface area contributed by atoms with Crippen LogP contribution < -0.4 is 5.73 Å². The highest BCUT2D eigenvalue weighted by Gasteiger charge is 2.09. The molecule has 4 heteroatoms. The molecule has 0 heterocycles. The average molecular weight is 269 g/mol. The Morgan fingerprint density at radius 2 is 1.95 bits per heavy atom. The minimum Gasteiger partial charge on any atom is -0.398 e. The van der Waals surface area contributed by atoms with Crippen LogP contribution in [-0.2, 0) is 13.1 Å². The van der Waals surface area contributed by atoms with E-state index in [9.17, 15) is 4.39 Å². The zero-order valence-electron chi connectivity index (χ0n) is 11.3. The van der Waals surface area contributed by atoms with Gasteiger partial charge in [-0.3, -0.25) is 4.90 Å². The molecule has 0 aliphatic rings. The molecule has 0 bridgehead atoms. The van der Waals surface area contributed by atoms with Crippen LogP contribution in [0.3, 0.4) is 0 Å². The van der Waals surface area contributed by atoms with Crippen LogP contribution in [0.15, 0.2) is 42.5 Å². The van der Waals surface area contributed by atoms with Crippen molar-refractivity contribution >= 4 is 5.69 Å². The van der Waals surface area contributed by atoms with Crippen molar-refractivity contribution in [2.24, 2.45) is 0 Å². The molecular weight excluding hydrogens is 253 g/mol. The fraction of sp³-hybridized carbons (Fsp3) is 0.188. The van der Waals surface area contributed by atoms with Crippen molar-refractivity contribution in [2.45, 2.75) is 13.1 Å². The van der Waals surface area contributed by atoms with Crippen LogP contribution in [0.5, 0.6) is 0 Å². The number of halogens is 1. The van der Waals surface area contributed by atoms with Gasteiger partial charge in [0.25, 0.3) is 0 Å². The summed E-state index contributed by atoms with van der Waals surface area (Å²) in [5, 5.41) is 8.87. The standard InChI is InChI=1S/C16H16FN3/c1-20(10-13-5-2-4-12(8-13)9-18)11-14-15(17)6-3-7-16(14)19/h2-8H,10-11,19H2,1H3. The maximum atomic E-state index is 13.7. The van der Waals surface area contributed by atoms with E-state index in [1.54, 1.807) is 18.2 Å². The number of benzene rings is 2. The van der Waals surface area contributed by atoms with E-state index in [1.807, 2.05) is 30.1 Å². The average Bonchev–Trinajstić information content (AvgIpc) is 2.43. The lowest BCUT2D eigenvalue weighted by molar-refractivity contribution is 0.314. The summed E-state index contributed by atoms with van der Waals surface area (Å²) in [6, 6.07) is 14.2. The van der Waals surface area contributed by atoms with E-state index in [1.165, 1.54) is 6.07 Å². The number of hydrogen-bond acceptors (Lipinski definition) is 3. The second-order valence-electron chi connectivity index (χ2n) is 4.79. The number of nitriles is 1. The summed E-state index contributed by atoms with van der Waals surface area (Å²) in [5.74, 6) is -0.289. The highest BCUT2D eigenvalue weighted by atomic mass is 19.1. The number of rotatable bonds is 4. The van der Waals surface area contributed by atoms with Crippen LogP contribution in [0.25, 0.3) is 0 Å². The van der Waals surface area contributed by atoms with E-state index in [0.717, 1.165) is 5.56 Å². The highest BCUT2D eigenvalue weighted by molar-refractivity contribution is 5.47. The Hall–Kier alpha value is -2.38. The third-order valence-electron chi connectivity index (χ3n) is 3.09. The zero-order valence-corrected chi connectivity index (χ0v) is 11.3. The summed E-state index contributed by atoms with van der Waals surface area (Å²) in [6.07, 6.45) is 0. The molecule has 0 unspecified atom stereocenters. The lowest BCUT2D eigenvalue weighted by Crippen LogP contribution is -2.19. The lowest BCUT2D eigenvalue weighted by Gasteiger charge is -2.18. The number of anilines is 1. The van der Waals surface area contributed by atoms with Crippen LogP contribution in [0, 0.1) is 17.1 Å². The van der Waals surface area contributed by atoms with Gasteiger partial charge < -0.3 is 5.73 Å². The summed E-state index contributed by atoms with van der Waals surface area (Å²) in [6.45, 7) is 1.05. The molecule has 3 nitrogen and oxygen atoms in total. The molecular formula is C16H16FN3. The Morgan fingerprint density at radius 3 is 2.65 bits per heavy atom. The highest BCUT2D eigenvalue weighted by Crippen LogP contribution is 2.18. The van der Waals surface area contributed by atoms with E-state index in [0.29, 0.717) is 29.9 Å². The molecule has 0 atom stereocenters. The largest absolute Gasteiger partial charge is 0.398 e. The number of nitrogen functional groups attached to an aromatic ring is 1. The SMILES string of the molecule is CN(Cc1cccc(C#N)c1)Cc1c(N)cccc1F. The van der Waals surface area contributed by atoms with Crippen LogP contribution in [-0.4, -0.2) is 11.9 Å². The molecule has 2 aromatic rings. The number of nitrogens with zero attached hydrogens (tertiary/aromatic N) is 2.